The number of rotatable bonds is 4. The Kier molecular flexibility index (Phi) is 3.07. The van der Waals surface area contributed by atoms with Crippen LogP contribution in [0.15, 0.2) is 17.2 Å². The molecule has 4 nitrogen and oxygen atoms in total. The first kappa shape index (κ1) is 13.6. The molecule has 21 heavy (non-hydrogen) atoms. The summed E-state index contributed by atoms with van der Waals surface area (Å²) < 4.78 is 3.58. The number of hydrogen-bond acceptors (Lipinski definition) is 2. The molecule has 2 N–H and O–H groups in total. The molecular weight excluding hydrogens is 262 g/mol. The first-order chi connectivity index (χ1) is 10.1. The van der Waals surface area contributed by atoms with Gasteiger partial charge in [-0.25, -0.2) is 4.79 Å². The monoisotopic (exact) mass is 289 g/mol. The fourth-order valence-electron chi connectivity index (χ4n) is 5.87. The van der Waals surface area contributed by atoms with Gasteiger partial charge in [-0.3, -0.25) is 9.13 Å². The first-order valence-electron chi connectivity index (χ1n) is 8.61. The van der Waals surface area contributed by atoms with Crippen molar-refractivity contribution in [3.05, 3.63) is 22.9 Å². The third-order valence-corrected chi connectivity index (χ3v) is 6.52. The van der Waals surface area contributed by atoms with E-state index in [1.807, 2.05) is 23.9 Å². The maximum Gasteiger partial charge on any atom is 0.328 e. The number of nitrogens with zero attached hydrogens (tertiary/aromatic N) is 2. The van der Waals surface area contributed by atoms with Crippen molar-refractivity contribution >= 4 is 0 Å². The number of hydrogen-bond donors (Lipinski definition) is 1. The van der Waals surface area contributed by atoms with Crippen LogP contribution in [-0.2, 0) is 13.1 Å². The van der Waals surface area contributed by atoms with Gasteiger partial charge in [0.05, 0.1) is 0 Å². The fourth-order valence-corrected chi connectivity index (χ4v) is 5.87. The molecule has 116 valence electrons. The Bertz CT molecular complexity index is 550. The van der Waals surface area contributed by atoms with Crippen molar-refractivity contribution in [2.75, 3.05) is 0 Å². The van der Waals surface area contributed by atoms with Crippen LogP contribution in [0.4, 0.5) is 0 Å². The first-order valence-corrected chi connectivity index (χ1v) is 8.61. The van der Waals surface area contributed by atoms with Gasteiger partial charge in [0, 0.05) is 31.5 Å². The summed E-state index contributed by atoms with van der Waals surface area (Å²) in [6.07, 6.45) is 12.0. The zero-order valence-corrected chi connectivity index (χ0v) is 13.0. The van der Waals surface area contributed by atoms with Crippen LogP contribution in [0.1, 0.15) is 45.4 Å². The maximum atomic E-state index is 12.2. The van der Waals surface area contributed by atoms with E-state index in [0.717, 1.165) is 24.3 Å². The standard InChI is InChI=1S/C17H27N3O/c1-2-19-3-4-20(16(19)21)11-15(18)17-8-12-5-13(9-17)7-14(6-12)10-17/h3-4,12-15H,2,5-11,18H2,1H3. The summed E-state index contributed by atoms with van der Waals surface area (Å²) in [5.74, 6) is 2.75. The van der Waals surface area contributed by atoms with E-state index in [0.29, 0.717) is 12.0 Å². The van der Waals surface area contributed by atoms with Crippen LogP contribution in [0.25, 0.3) is 0 Å². The molecule has 4 saturated carbocycles. The van der Waals surface area contributed by atoms with E-state index in [1.54, 1.807) is 4.57 Å². The van der Waals surface area contributed by atoms with Gasteiger partial charge in [-0.1, -0.05) is 0 Å². The van der Waals surface area contributed by atoms with Gasteiger partial charge < -0.3 is 5.73 Å². The molecule has 1 atom stereocenters. The van der Waals surface area contributed by atoms with Crippen molar-refractivity contribution in [1.29, 1.82) is 0 Å². The lowest BCUT2D eigenvalue weighted by Crippen LogP contribution is -2.56. The van der Waals surface area contributed by atoms with Crippen LogP contribution < -0.4 is 11.4 Å². The smallest absolute Gasteiger partial charge is 0.326 e. The lowest BCUT2D eigenvalue weighted by Gasteiger charge is -2.59. The number of imidazole rings is 1. The summed E-state index contributed by atoms with van der Waals surface area (Å²) in [7, 11) is 0. The molecule has 4 aliphatic rings. The van der Waals surface area contributed by atoms with Crippen molar-refractivity contribution in [1.82, 2.24) is 9.13 Å². The molecule has 0 spiro atoms. The molecule has 0 saturated heterocycles. The molecule has 1 aromatic heterocycles. The second-order valence-electron chi connectivity index (χ2n) is 7.91. The topological polar surface area (TPSA) is 52.9 Å². The van der Waals surface area contributed by atoms with Crippen LogP contribution in [0.5, 0.6) is 0 Å². The van der Waals surface area contributed by atoms with E-state index >= 15 is 0 Å². The summed E-state index contributed by atoms with van der Waals surface area (Å²) in [5, 5.41) is 0. The molecule has 0 radical (unpaired) electrons. The fraction of sp³-hybridized carbons (Fsp3) is 0.824. The minimum absolute atomic E-state index is 0.0951. The van der Waals surface area contributed by atoms with E-state index in [4.69, 9.17) is 5.73 Å². The predicted octanol–water partition coefficient (Wildman–Crippen LogP) is 2.21. The third-order valence-electron chi connectivity index (χ3n) is 6.52. The quantitative estimate of drug-likeness (QED) is 0.924. The van der Waals surface area contributed by atoms with Gasteiger partial charge in [0.25, 0.3) is 0 Å². The Morgan fingerprint density at radius 3 is 2.14 bits per heavy atom. The van der Waals surface area contributed by atoms with Crippen LogP contribution in [0.2, 0.25) is 0 Å². The lowest BCUT2D eigenvalue weighted by atomic mass is 9.48. The molecule has 1 unspecified atom stereocenters. The molecule has 4 fully saturated rings. The molecule has 0 aliphatic heterocycles. The van der Waals surface area contributed by atoms with E-state index < -0.39 is 0 Å². The summed E-state index contributed by atoms with van der Waals surface area (Å²) in [4.78, 5) is 12.2. The molecule has 4 heteroatoms. The van der Waals surface area contributed by atoms with Crippen molar-refractivity contribution < 1.29 is 0 Å². The highest BCUT2D eigenvalue weighted by molar-refractivity contribution is 5.05. The van der Waals surface area contributed by atoms with Crippen LogP contribution in [-0.4, -0.2) is 15.2 Å². The predicted molar refractivity (Wildman–Crippen MR) is 82.9 cm³/mol. The Hall–Kier alpha value is -1.03. The molecule has 4 bridgehead atoms. The summed E-state index contributed by atoms with van der Waals surface area (Å²) in [6.45, 7) is 3.43. The highest BCUT2D eigenvalue weighted by atomic mass is 16.1. The summed E-state index contributed by atoms with van der Waals surface area (Å²) in [6, 6.07) is 0.135. The normalized spacial score (nSPS) is 38.9. The van der Waals surface area contributed by atoms with Gasteiger partial charge in [-0.15, -0.1) is 0 Å². The molecule has 0 amide bonds. The Morgan fingerprint density at radius 1 is 1.14 bits per heavy atom. The van der Waals surface area contributed by atoms with Crippen molar-refractivity contribution in [3.63, 3.8) is 0 Å². The average Bonchev–Trinajstić information content (AvgIpc) is 2.78. The molecule has 5 rings (SSSR count). The molecule has 1 aromatic rings. The zero-order valence-electron chi connectivity index (χ0n) is 13.0. The maximum absolute atomic E-state index is 12.2. The van der Waals surface area contributed by atoms with Crippen LogP contribution in [0, 0.1) is 23.2 Å². The molecule has 1 heterocycles. The van der Waals surface area contributed by atoms with E-state index in [-0.39, 0.29) is 11.7 Å². The number of nitrogens with two attached hydrogens (primary N) is 1. The van der Waals surface area contributed by atoms with Crippen molar-refractivity contribution in [2.24, 2.45) is 28.9 Å². The highest BCUT2D eigenvalue weighted by Crippen LogP contribution is 2.61. The zero-order chi connectivity index (χ0) is 14.6. The third kappa shape index (κ3) is 2.10. The molecular formula is C17H27N3O. The average molecular weight is 289 g/mol. The van der Waals surface area contributed by atoms with E-state index in [2.05, 4.69) is 0 Å². The molecule has 4 aliphatic carbocycles. The second-order valence-corrected chi connectivity index (χ2v) is 7.91. The number of aryl methyl sites for hydroxylation is 1. The minimum atomic E-state index is 0.0951. The lowest BCUT2D eigenvalue weighted by molar-refractivity contribution is -0.0695. The molecule has 0 aromatic carbocycles. The van der Waals surface area contributed by atoms with E-state index in [1.165, 1.54) is 38.5 Å². The largest absolute Gasteiger partial charge is 0.328 e. The Labute approximate surface area is 126 Å². The van der Waals surface area contributed by atoms with Gasteiger partial charge >= 0.3 is 5.69 Å². The van der Waals surface area contributed by atoms with Crippen LogP contribution in [0.3, 0.4) is 0 Å². The van der Waals surface area contributed by atoms with Gasteiger partial charge in [0.2, 0.25) is 0 Å². The van der Waals surface area contributed by atoms with Gasteiger partial charge in [0.1, 0.15) is 0 Å². The van der Waals surface area contributed by atoms with Gasteiger partial charge in [-0.2, -0.15) is 0 Å². The highest BCUT2D eigenvalue weighted by Gasteiger charge is 2.53. The minimum Gasteiger partial charge on any atom is -0.326 e. The SMILES string of the molecule is CCn1ccn(CC(N)C23CC4CC(CC(C4)C2)C3)c1=O. The Balaban J connectivity index is 1.56. The van der Waals surface area contributed by atoms with Crippen molar-refractivity contribution in [2.45, 2.75) is 64.6 Å². The second kappa shape index (κ2) is 4.73. The summed E-state index contributed by atoms with van der Waals surface area (Å²) >= 11 is 0. The van der Waals surface area contributed by atoms with Gasteiger partial charge in [-0.05, 0) is 68.6 Å². The van der Waals surface area contributed by atoms with Crippen LogP contribution >= 0.6 is 0 Å². The van der Waals surface area contributed by atoms with E-state index in [9.17, 15) is 4.79 Å². The van der Waals surface area contributed by atoms with Gasteiger partial charge in [0.15, 0.2) is 0 Å². The number of aromatic nitrogens is 2. The van der Waals surface area contributed by atoms with Crippen molar-refractivity contribution in [3.8, 4) is 0 Å². The Morgan fingerprint density at radius 2 is 1.67 bits per heavy atom. The summed E-state index contributed by atoms with van der Waals surface area (Å²) in [5.41, 5.74) is 7.07.